The third-order valence-electron chi connectivity index (χ3n) is 6.93. The number of rotatable bonds is 2. The number of carbonyl (C=O) groups is 1. The number of fused-ring (bicyclic) bond motifs is 2. The van der Waals surface area contributed by atoms with Crippen LogP contribution in [0.5, 0.6) is 0 Å². The first-order valence-corrected chi connectivity index (χ1v) is 14.2. The molecule has 1 heterocycles. The average molecular weight is 631 g/mol. The molecular formula is C30H40F6N6O2. The summed E-state index contributed by atoms with van der Waals surface area (Å²) >= 11 is 0. The summed E-state index contributed by atoms with van der Waals surface area (Å²) in [6.45, 7) is 7.44. The van der Waals surface area contributed by atoms with Crippen LogP contribution >= 0.6 is 0 Å². The van der Waals surface area contributed by atoms with Gasteiger partial charge in [-0.05, 0) is 107 Å². The maximum atomic E-state index is 13.0. The van der Waals surface area contributed by atoms with E-state index in [1.165, 1.54) is 36.0 Å². The summed E-state index contributed by atoms with van der Waals surface area (Å²) in [5, 5.41) is 1.27. The third-order valence-corrected chi connectivity index (χ3v) is 6.93. The van der Waals surface area contributed by atoms with Crippen molar-refractivity contribution < 1.29 is 35.9 Å². The molecule has 1 atom stereocenters. The lowest BCUT2D eigenvalue weighted by atomic mass is 9.87. The van der Waals surface area contributed by atoms with Crippen molar-refractivity contribution in [2.45, 2.75) is 90.2 Å². The van der Waals surface area contributed by atoms with Crippen LogP contribution in [0.1, 0.15) is 85.9 Å². The summed E-state index contributed by atoms with van der Waals surface area (Å²) in [6.07, 6.45) is -3.76. The molecule has 4 rings (SSSR count). The lowest BCUT2D eigenvalue weighted by Gasteiger charge is -2.29. The number of alkyl halides is 6. The lowest BCUT2D eigenvalue weighted by Crippen LogP contribution is -2.47. The summed E-state index contributed by atoms with van der Waals surface area (Å²) in [5.41, 5.74) is 10.2. The molecule has 2 aromatic carbocycles. The lowest BCUT2D eigenvalue weighted by molar-refractivity contribution is -0.143. The van der Waals surface area contributed by atoms with E-state index in [2.05, 4.69) is 22.6 Å². The van der Waals surface area contributed by atoms with Crippen LogP contribution in [0, 0.1) is 6.92 Å². The maximum absolute atomic E-state index is 13.0. The van der Waals surface area contributed by atoms with Gasteiger partial charge in [-0.3, -0.25) is 16.2 Å². The van der Waals surface area contributed by atoms with Gasteiger partial charge in [-0.2, -0.15) is 31.5 Å². The Bertz CT molecular complexity index is 1320. The van der Waals surface area contributed by atoms with E-state index in [9.17, 15) is 31.1 Å². The predicted octanol–water partition coefficient (Wildman–Crippen LogP) is 6.80. The van der Waals surface area contributed by atoms with Gasteiger partial charge in [-0.25, -0.2) is 9.79 Å². The molecule has 1 amide bonds. The number of hydrazine groups is 2. The zero-order chi connectivity index (χ0) is 33.0. The monoisotopic (exact) mass is 630 g/mol. The zero-order valence-corrected chi connectivity index (χ0v) is 25.5. The summed E-state index contributed by atoms with van der Waals surface area (Å²) in [6, 6.07) is 5.70. The minimum atomic E-state index is -4.76. The van der Waals surface area contributed by atoms with Crippen molar-refractivity contribution in [2.75, 3.05) is 18.5 Å². The van der Waals surface area contributed by atoms with Crippen molar-refractivity contribution in [3.05, 3.63) is 63.7 Å². The van der Waals surface area contributed by atoms with E-state index in [0.717, 1.165) is 36.9 Å². The Morgan fingerprint density at radius 2 is 1.50 bits per heavy atom. The first-order valence-electron chi connectivity index (χ1n) is 14.2. The van der Waals surface area contributed by atoms with E-state index < -0.39 is 29.1 Å². The van der Waals surface area contributed by atoms with Gasteiger partial charge in [0.05, 0.1) is 22.9 Å². The maximum Gasteiger partial charge on any atom is 0.416 e. The molecule has 244 valence electrons. The molecule has 1 unspecified atom stereocenters. The molecule has 8 nitrogen and oxygen atoms in total. The number of carbonyl (C=O) groups excluding carboxylic acids is 1. The van der Waals surface area contributed by atoms with Gasteiger partial charge in [0.25, 0.3) is 0 Å². The van der Waals surface area contributed by atoms with Crippen LogP contribution in [0.15, 0.2) is 35.3 Å². The average Bonchev–Trinajstić information content (AvgIpc) is 3.04. The fourth-order valence-corrected chi connectivity index (χ4v) is 5.14. The van der Waals surface area contributed by atoms with Crippen LogP contribution in [0.3, 0.4) is 0 Å². The van der Waals surface area contributed by atoms with Gasteiger partial charge in [-0.1, -0.05) is 6.07 Å². The van der Waals surface area contributed by atoms with E-state index in [1.807, 2.05) is 20.8 Å². The highest BCUT2D eigenvalue weighted by molar-refractivity contribution is 5.90. The standard InChI is InChI=1S/C21H34N6O2.C9H6F6/c1-21(2,3)29-20(28)27-11-7-10-17(24-19(22)25-26(4)23)16-12-14-8-5-6-9-15(14)13-18(16)27;1-5-2-6(8(10,11)12)4-7(3-5)9(13,14)15/h12-13,17H,5-11,23H2,1-4H3,(H3,22,24,25);2-4H,1H3. The van der Waals surface area contributed by atoms with Gasteiger partial charge in [0, 0.05) is 19.2 Å². The molecule has 0 fully saturated rings. The van der Waals surface area contributed by atoms with Crippen molar-refractivity contribution >= 4 is 17.7 Å². The number of aliphatic imine (C=N–C) groups is 1. The minimum Gasteiger partial charge on any atom is -0.443 e. The number of nitrogens with zero attached hydrogens (tertiary/aromatic N) is 3. The van der Waals surface area contributed by atoms with Crippen LogP contribution < -0.4 is 21.9 Å². The van der Waals surface area contributed by atoms with Crippen LogP contribution in [0.2, 0.25) is 0 Å². The Morgan fingerprint density at radius 1 is 0.955 bits per heavy atom. The Hall–Kier alpha value is -3.52. The van der Waals surface area contributed by atoms with Gasteiger partial charge >= 0.3 is 18.4 Å². The van der Waals surface area contributed by atoms with Gasteiger partial charge in [0.1, 0.15) is 5.60 Å². The van der Waals surface area contributed by atoms with E-state index in [4.69, 9.17) is 16.3 Å². The topological polar surface area (TPSA) is 109 Å². The van der Waals surface area contributed by atoms with Crippen LogP contribution in [0.25, 0.3) is 0 Å². The fourth-order valence-electron chi connectivity index (χ4n) is 5.14. The molecule has 2 aromatic rings. The smallest absolute Gasteiger partial charge is 0.416 e. The SMILES string of the molecule is CN(N)NC(N)=NC1CCCN(C(=O)OC(C)(C)C)c2cc3c(cc21)CCCC3.Cc1cc(C(F)(F)F)cc(C(F)(F)F)c1. The first kappa shape index (κ1) is 35.0. The Balaban J connectivity index is 0.000000297. The number of halogens is 6. The summed E-state index contributed by atoms with van der Waals surface area (Å²) in [5.74, 6) is 5.89. The van der Waals surface area contributed by atoms with Crippen molar-refractivity contribution in [1.29, 1.82) is 0 Å². The summed E-state index contributed by atoms with van der Waals surface area (Å²) < 4.78 is 78.7. The predicted molar refractivity (Wildman–Crippen MR) is 157 cm³/mol. The Kier molecular flexibility index (Phi) is 10.8. The zero-order valence-electron chi connectivity index (χ0n) is 25.5. The van der Waals surface area contributed by atoms with Gasteiger partial charge in [-0.15, -0.1) is 0 Å². The summed E-state index contributed by atoms with van der Waals surface area (Å²) in [4.78, 5) is 19.4. The molecule has 0 saturated carbocycles. The number of nitrogens with one attached hydrogen (secondary N) is 1. The second-order valence-electron chi connectivity index (χ2n) is 12.0. The molecule has 0 spiro atoms. The normalized spacial score (nSPS) is 17.6. The second kappa shape index (κ2) is 13.6. The van der Waals surface area contributed by atoms with Gasteiger partial charge in [0.15, 0.2) is 0 Å². The van der Waals surface area contributed by atoms with Crippen LogP contribution in [-0.2, 0) is 29.9 Å². The minimum absolute atomic E-state index is 0.0721. The van der Waals surface area contributed by atoms with Crippen LogP contribution in [-0.4, -0.2) is 36.4 Å². The Labute approximate surface area is 253 Å². The molecule has 0 radical (unpaired) electrons. The number of benzene rings is 2. The highest BCUT2D eigenvalue weighted by atomic mass is 19.4. The van der Waals surface area contributed by atoms with Crippen LogP contribution in [0.4, 0.5) is 36.8 Å². The number of nitrogens with two attached hydrogens (primary N) is 2. The van der Waals surface area contributed by atoms with E-state index >= 15 is 0 Å². The van der Waals surface area contributed by atoms with Crippen molar-refractivity contribution in [3.8, 4) is 0 Å². The molecule has 0 saturated heterocycles. The number of guanidine groups is 1. The fraction of sp³-hybridized carbons (Fsp3) is 0.533. The third kappa shape index (κ3) is 9.74. The van der Waals surface area contributed by atoms with E-state index in [1.54, 1.807) is 11.9 Å². The van der Waals surface area contributed by atoms with E-state index in [-0.39, 0.29) is 29.7 Å². The first-order chi connectivity index (χ1) is 20.2. The van der Waals surface area contributed by atoms with Gasteiger partial charge < -0.3 is 10.5 Å². The number of amides is 1. The number of hydrogen-bond acceptors (Lipinski definition) is 5. The van der Waals surface area contributed by atoms with Crippen molar-refractivity contribution in [1.82, 2.24) is 10.5 Å². The number of anilines is 1. The molecular weight excluding hydrogens is 590 g/mol. The highest BCUT2D eigenvalue weighted by Gasteiger charge is 2.36. The number of hydrogen-bond donors (Lipinski definition) is 3. The summed E-state index contributed by atoms with van der Waals surface area (Å²) in [7, 11) is 1.66. The van der Waals surface area contributed by atoms with Gasteiger partial charge in [0.2, 0.25) is 5.96 Å². The second-order valence-corrected chi connectivity index (χ2v) is 12.0. The van der Waals surface area contributed by atoms with Crippen molar-refractivity contribution in [2.24, 2.45) is 16.6 Å². The quantitative estimate of drug-likeness (QED) is 0.111. The molecule has 0 aromatic heterocycles. The molecule has 1 aliphatic carbocycles. The molecule has 2 aliphatic rings. The number of aryl methyl sites for hydroxylation is 3. The van der Waals surface area contributed by atoms with E-state index in [0.29, 0.717) is 18.7 Å². The highest BCUT2D eigenvalue weighted by Crippen LogP contribution is 2.40. The largest absolute Gasteiger partial charge is 0.443 e. The molecule has 1 aliphatic heterocycles. The Morgan fingerprint density at radius 3 is 2.00 bits per heavy atom. The number of ether oxygens (including phenoxy) is 1. The molecule has 0 bridgehead atoms. The molecule has 44 heavy (non-hydrogen) atoms. The molecule has 5 N–H and O–H groups in total. The van der Waals surface area contributed by atoms with Crippen molar-refractivity contribution in [3.63, 3.8) is 0 Å². The molecule has 14 heteroatoms.